The summed E-state index contributed by atoms with van der Waals surface area (Å²) in [4.78, 5) is 11.9. The molecule has 1 fully saturated rings. The molecule has 0 atom stereocenters. The first-order chi connectivity index (χ1) is 8.98. The molecule has 122 valence electrons. The van der Waals surface area contributed by atoms with E-state index < -0.39 is 0 Å². The van der Waals surface area contributed by atoms with Gasteiger partial charge in [0.2, 0.25) is 5.91 Å². The highest BCUT2D eigenvalue weighted by atomic mass is 35.5. The van der Waals surface area contributed by atoms with Crippen LogP contribution >= 0.6 is 24.8 Å². The molecule has 21 heavy (non-hydrogen) atoms. The first-order valence-corrected chi connectivity index (χ1v) is 7.05. The zero-order chi connectivity index (χ0) is 13.9. The van der Waals surface area contributed by atoms with Gasteiger partial charge in [0.15, 0.2) is 0 Å². The van der Waals surface area contributed by atoms with E-state index in [1.165, 1.54) is 19.3 Å². The highest BCUT2D eigenvalue weighted by Crippen LogP contribution is 2.25. The van der Waals surface area contributed by atoms with Crippen molar-refractivity contribution in [2.75, 3.05) is 6.54 Å². The molecule has 1 amide bonds. The number of halogens is 2. The summed E-state index contributed by atoms with van der Waals surface area (Å²) in [6, 6.07) is 1.97. The van der Waals surface area contributed by atoms with Gasteiger partial charge in [-0.25, -0.2) is 0 Å². The number of hydrogen-bond acceptors (Lipinski definition) is 3. The molecule has 0 spiro atoms. The number of nitrogens with one attached hydrogen (secondary N) is 1. The summed E-state index contributed by atoms with van der Waals surface area (Å²) in [5, 5.41) is 7.24. The van der Waals surface area contributed by atoms with Gasteiger partial charge in [-0.1, -0.05) is 19.3 Å². The zero-order valence-corrected chi connectivity index (χ0v) is 14.4. The second kappa shape index (κ2) is 8.61. The van der Waals surface area contributed by atoms with E-state index in [2.05, 4.69) is 10.4 Å². The average molecular weight is 337 g/mol. The molecule has 1 heterocycles. The highest BCUT2D eigenvalue weighted by Gasteiger charge is 2.27. The van der Waals surface area contributed by atoms with Gasteiger partial charge in [0, 0.05) is 17.8 Å². The van der Waals surface area contributed by atoms with Gasteiger partial charge >= 0.3 is 0 Å². The van der Waals surface area contributed by atoms with E-state index in [1.54, 1.807) is 4.68 Å². The van der Waals surface area contributed by atoms with Gasteiger partial charge in [-0.2, -0.15) is 5.10 Å². The normalized spacial score (nSPS) is 16.5. The molecule has 0 radical (unpaired) electrons. The van der Waals surface area contributed by atoms with E-state index in [-0.39, 0.29) is 42.8 Å². The smallest absolute Gasteiger partial charge is 0.241 e. The van der Waals surface area contributed by atoms with E-state index >= 15 is 0 Å². The van der Waals surface area contributed by atoms with Gasteiger partial charge in [0.25, 0.3) is 0 Å². The number of aryl methyl sites for hydroxylation is 2. The zero-order valence-electron chi connectivity index (χ0n) is 12.7. The van der Waals surface area contributed by atoms with Crippen LogP contribution in [-0.4, -0.2) is 27.8 Å². The molecule has 0 aromatic carbocycles. The molecule has 0 bridgehead atoms. The summed E-state index contributed by atoms with van der Waals surface area (Å²) in [6.45, 7) is 4.73. The van der Waals surface area contributed by atoms with Crippen LogP contribution in [0, 0.1) is 13.8 Å². The molecule has 0 saturated heterocycles. The predicted molar refractivity (Wildman–Crippen MR) is 89.2 cm³/mol. The Balaban J connectivity index is 0.00000200. The molecule has 0 unspecified atom stereocenters. The van der Waals surface area contributed by atoms with Gasteiger partial charge in [-0.05, 0) is 32.8 Å². The van der Waals surface area contributed by atoms with Gasteiger partial charge in [-0.3, -0.25) is 9.48 Å². The molecule has 0 aliphatic heterocycles. The SMILES string of the molecule is Cc1cc(C)n(CC(=O)NCC2(N)CCCCC2)n1.Cl.Cl. The maximum atomic E-state index is 11.9. The fourth-order valence-corrected chi connectivity index (χ4v) is 2.73. The Morgan fingerprint density at radius 2 is 1.95 bits per heavy atom. The van der Waals surface area contributed by atoms with Crippen LogP contribution in [0.25, 0.3) is 0 Å². The lowest BCUT2D eigenvalue weighted by atomic mass is 9.82. The summed E-state index contributed by atoms with van der Waals surface area (Å²) in [5.74, 6) is -0.0124. The standard InChI is InChI=1S/C14H24N4O.2ClH/c1-11-8-12(2)18(17-11)9-13(19)16-10-14(15)6-4-3-5-7-14;;/h8H,3-7,9-10,15H2,1-2H3,(H,16,19);2*1H. The van der Waals surface area contributed by atoms with Crippen LogP contribution in [-0.2, 0) is 11.3 Å². The molecule has 1 aliphatic rings. The molecule has 1 aromatic rings. The number of hydrogen-bond donors (Lipinski definition) is 2. The minimum absolute atomic E-state index is 0. The van der Waals surface area contributed by atoms with E-state index in [0.717, 1.165) is 24.2 Å². The van der Waals surface area contributed by atoms with Crippen LogP contribution in [0.1, 0.15) is 43.5 Å². The van der Waals surface area contributed by atoms with Crippen LogP contribution in [0.2, 0.25) is 0 Å². The number of carbonyl (C=O) groups is 1. The summed E-state index contributed by atoms with van der Waals surface area (Å²) in [7, 11) is 0. The van der Waals surface area contributed by atoms with Crippen molar-refractivity contribution in [3.63, 3.8) is 0 Å². The molecule has 1 aromatic heterocycles. The summed E-state index contributed by atoms with van der Waals surface area (Å²) >= 11 is 0. The molecular weight excluding hydrogens is 311 g/mol. The summed E-state index contributed by atoms with van der Waals surface area (Å²) in [5.41, 5.74) is 8.04. The Hall–Kier alpha value is -0.780. The van der Waals surface area contributed by atoms with Crippen molar-refractivity contribution in [1.29, 1.82) is 0 Å². The molecular formula is C14H26Cl2N4O. The summed E-state index contributed by atoms with van der Waals surface area (Å²) in [6.07, 6.45) is 5.62. The minimum Gasteiger partial charge on any atom is -0.353 e. The van der Waals surface area contributed by atoms with Crippen molar-refractivity contribution >= 4 is 30.7 Å². The number of rotatable bonds is 4. The number of nitrogens with two attached hydrogens (primary N) is 1. The van der Waals surface area contributed by atoms with E-state index in [4.69, 9.17) is 5.73 Å². The predicted octanol–water partition coefficient (Wildman–Crippen LogP) is 2.12. The Bertz CT molecular complexity index is 456. The molecule has 7 heteroatoms. The van der Waals surface area contributed by atoms with Gasteiger partial charge in [0.1, 0.15) is 6.54 Å². The fourth-order valence-electron chi connectivity index (χ4n) is 2.73. The van der Waals surface area contributed by atoms with Crippen molar-refractivity contribution in [3.05, 3.63) is 17.5 Å². The Labute approximate surface area is 138 Å². The largest absolute Gasteiger partial charge is 0.353 e. The number of carbonyl (C=O) groups excluding carboxylic acids is 1. The second-order valence-electron chi connectivity index (χ2n) is 5.78. The number of amides is 1. The third kappa shape index (κ3) is 5.85. The van der Waals surface area contributed by atoms with Crippen molar-refractivity contribution in [3.8, 4) is 0 Å². The Kier molecular flexibility index (Phi) is 8.29. The van der Waals surface area contributed by atoms with Crippen molar-refractivity contribution < 1.29 is 4.79 Å². The number of aromatic nitrogens is 2. The maximum absolute atomic E-state index is 11.9. The Morgan fingerprint density at radius 3 is 2.48 bits per heavy atom. The number of nitrogens with zero attached hydrogens (tertiary/aromatic N) is 2. The monoisotopic (exact) mass is 336 g/mol. The lowest BCUT2D eigenvalue weighted by molar-refractivity contribution is -0.122. The van der Waals surface area contributed by atoms with E-state index in [9.17, 15) is 4.79 Å². The second-order valence-corrected chi connectivity index (χ2v) is 5.78. The third-order valence-electron chi connectivity index (χ3n) is 3.88. The van der Waals surface area contributed by atoms with Gasteiger partial charge in [0.05, 0.1) is 5.69 Å². The fraction of sp³-hybridized carbons (Fsp3) is 0.714. The van der Waals surface area contributed by atoms with Crippen LogP contribution in [0.5, 0.6) is 0 Å². The quantitative estimate of drug-likeness (QED) is 0.884. The highest BCUT2D eigenvalue weighted by molar-refractivity contribution is 5.85. The summed E-state index contributed by atoms with van der Waals surface area (Å²) < 4.78 is 1.73. The van der Waals surface area contributed by atoms with Crippen molar-refractivity contribution in [2.45, 2.75) is 58.0 Å². The molecule has 2 rings (SSSR count). The maximum Gasteiger partial charge on any atom is 0.241 e. The van der Waals surface area contributed by atoms with Crippen LogP contribution in [0.3, 0.4) is 0 Å². The van der Waals surface area contributed by atoms with E-state index in [1.807, 2.05) is 19.9 Å². The molecule has 3 N–H and O–H groups in total. The first-order valence-electron chi connectivity index (χ1n) is 7.05. The first kappa shape index (κ1) is 20.2. The molecule has 5 nitrogen and oxygen atoms in total. The van der Waals surface area contributed by atoms with Crippen LogP contribution < -0.4 is 11.1 Å². The van der Waals surface area contributed by atoms with Crippen LogP contribution in [0.4, 0.5) is 0 Å². The van der Waals surface area contributed by atoms with Crippen molar-refractivity contribution in [2.24, 2.45) is 5.73 Å². The lowest BCUT2D eigenvalue weighted by Gasteiger charge is -2.33. The third-order valence-corrected chi connectivity index (χ3v) is 3.88. The topological polar surface area (TPSA) is 72.9 Å². The van der Waals surface area contributed by atoms with E-state index in [0.29, 0.717) is 6.54 Å². The van der Waals surface area contributed by atoms with Gasteiger partial charge in [-0.15, -0.1) is 24.8 Å². The molecule has 1 aliphatic carbocycles. The van der Waals surface area contributed by atoms with Gasteiger partial charge < -0.3 is 11.1 Å². The Morgan fingerprint density at radius 1 is 1.33 bits per heavy atom. The molecule has 1 saturated carbocycles. The van der Waals surface area contributed by atoms with Crippen molar-refractivity contribution in [1.82, 2.24) is 15.1 Å². The van der Waals surface area contributed by atoms with Crippen LogP contribution in [0.15, 0.2) is 6.07 Å². The average Bonchev–Trinajstić information content (AvgIpc) is 2.66. The minimum atomic E-state index is -0.205. The lowest BCUT2D eigenvalue weighted by Crippen LogP contribution is -2.51.